The number of benzene rings is 1. The Bertz CT molecular complexity index is 956. The molecule has 9 heteroatoms. The van der Waals surface area contributed by atoms with Crippen LogP contribution in [-0.2, 0) is 38.5 Å². The summed E-state index contributed by atoms with van der Waals surface area (Å²) in [7, 11) is 1.61. The molecule has 0 atom stereocenters. The first-order valence-electron chi connectivity index (χ1n) is 9.62. The topological polar surface area (TPSA) is 111 Å². The van der Waals surface area contributed by atoms with Crippen LogP contribution in [0.2, 0.25) is 0 Å². The first-order chi connectivity index (χ1) is 14.4. The second-order valence-electron chi connectivity index (χ2n) is 6.95. The van der Waals surface area contributed by atoms with Crippen molar-refractivity contribution < 1.29 is 23.9 Å². The van der Waals surface area contributed by atoms with Gasteiger partial charge in [-0.1, -0.05) is 18.2 Å². The number of nitrogens with one attached hydrogen (secondary N) is 1. The highest BCUT2D eigenvalue weighted by Crippen LogP contribution is 2.39. The van der Waals surface area contributed by atoms with Gasteiger partial charge >= 0.3 is 5.97 Å². The van der Waals surface area contributed by atoms with E-state index in [1.165, 1.54) is 18.3 Å². The molecule has 0 fully saturated rings. The number of carbonyl (C=O) groups excluding carboxylic acids is 3. The fourth-order valence-electron chi connectivity index (χ4n) is 3.34. The minimum atomic E-state index is -0.487. The number of para-hydroxylation sites is 1. The summed E-state index contributed by atoms with van der Waals surface area (Å²) in [6.45, 7) is 1.89. The van der Waals surface area contributed by atoms with Gasteiger partial charge in [0.15, 0.2) is 6.61 Å². The molecule has 0 aliphatic carbocycles. The van der Waals surface area contributed by atoms with Gasteiger partial charge in [0, 0.05) is 24.8 Å². The lowest BCUT2D eigenvalue weighted by atomic mass is 10.1. The van der Waals surface area contributed by atoms with Gasteiger partial charge in [-0.15, -0.1) is 11.3 Å². The SMILES string of the molecule is COc1ccccc1CCC(=O)Nc1sc2c(c1N)CCN(C(=O)COC(C)=O)C2. The van der Waals surface area contributed by atoms with Crippen molar-refractivity contribution in [3.8, 4) is 5.75 Å². The summed E-state index contributed by atoms with van der Waals surface area (Å²) >= 11 is 1.38. The van der Waals surface area contributed by atoms with Crippen molar-refractivity contribution in [2.45, 2.75) is 32.7 Å². The van der Waals surface area contributed by atoms with E-state index in [0.29, 0.717) is 43.0 Å². The van der Waals surface area contributed by atoms with E-state index in [0.717, 1.165) is 21.8 Å². The molecule has 1 aliphatic heterocycles. The molecule has 30 heavy (non-hydrogen) atoms. The number of anilines is 2. The second-order valence-corrected chi connectivity index (χ2v) is 8.06. The van der Waals surface area contributed by atoms with Crippen LogP contribution in [0.4, 0.5) is 10.7 Å². The molecule has 0 saturated carbocycles. The number of fused-ring (bicyclic) bond motifs is 1. The van der Waals surface area contributed by atoms with Crippen LogP contribution in [0.5, 0.6) is 5.75 Å². The van der Waals surface area contributed by atoms with Gasteiger partial charge in [-0.25, -0.2) is 0 Å². The molecule has 1 aromatic heterocycles. The van der Waals surface area contributed by atoms with Crippen molar-refractivity contribution >= 4 is 39.8 Å². The van der Waals surface area contributed by atoms with E-state index in [1.807, 2.05) is 24.3 Å². The largest absolute Gasteiger partial charge is 0.496 e. The maximum absolute atomic E-state index is 12.5. The molecule has 2 aromatic rings. The molecule has 0 bridgehead atoms. The van der Waals surface area contributed by atoms with Crippen molar-refractivity contribution in [2.75, 3.05) is 31.3 Å². The predicted octanol–water partition coefficient (Wildman–Crippen LogP) is 2.36. The molecule has 1 aromatic carbocycles. The van der Waals surface area contributed by atoms with E-state index in [4.69, 9.17) is 15.2 Å². The van der Waals surface area contributed by atoms with Gasteiger partial charge in [0.05, 0.1) is 19.3 Å². The van der Waals surface area contributed by atoms with Gasteiger partial charge in [0.1, 0.15) is 10.8 Å². The Morgan fingerprint density at radius 1 is 1.27 bits per heavy atom. The highest BCUT2D eigenvalue weighted by atomic mass is 32.1. The maximum Gasteiger partial charge on any atom is 0.303 e. The maximum atomic E-state index is 12.5. The summed E-state index contributed by atoms with van der Waals surface area (Å²) in [6, 6.07) is 7.61. The van der Waals surface area contributed by atoms with E-state index in [2.05, 4.69) is 5.32 Å². The Morgan fingerprint density at radius 2 is 2.03 bits per heavy atom. The number of rotatable bonds is 7. The number of thiophene rings is 1. The van der Waals surface area contributed by atoms with E-state index >= 15 is 0 Å². The number of nitrogens with two attached hydrogens (primary N) is 1. The van der Waals surface area contributed by atoms with Crippen LogP contribution in [0.15, 0.2) is 24.3 Å². The Hall–Kier alpha value is -3.07. The lowest BCUT2D eigenvalue weighted by Crippen LogP contribution is -2.38. The number of nitrogens with zero attached hydrogens (tertiary/aromatic N) is 1. The highest BCUT2D eigenvalue weighted by molar-refractivity contribution is 7.17. The van der Waals surface area contributed by atoms with Crippen molar-refractivity contribution in [1.29, 1.82) is 0 Å². The summed E-state index contributed by atoms with van der Waals surface area (Å²) in [5.41, 5.74) is 8.75. The summed E-state index contributed by atoms with van der Waals surface area (Å²) in [6.07, 6.45) is 1.45. The average molecular weight is 432 g/mol. The number of esters is 1. The molecule has 160 valence electrons. The van der Waals surface area contributed by atoms with Crippen molar-refractivity contribution in [3.63, 3.8) is 0 Å². The van der Waals surface area contributed by atoms with Crippen LogP contribution in [0.25, 0.3) is 0 Å². The normalized spacial score (nSPS) is 12.8. The monoisotopic (exact) mass is 431 g/mol. The zero-order valence-corrected chi connectivity index (χ0v) is 17.8. The summed E-state index contributed by atoms with van der Waals surface area (Å²) < 4.78 is 10.1. The van der Waals surface area contributed by atoms with Gasteiger partial charge in [-0.05, 0) is 30.0 Å². The molecule has 3 rings (SSSR count). The van der Waals surface area contributed by atoms with Gasteiger partial charge in [-0.3, -0.25) is 14.4 Å². The first kappa shape index (κ1) is 21.6. The standard InChI is InChI=1S/C21H25N3O5S/c1-13(25)29-12-19(27)24-10-9-15-17(11-24)30-21(20(15)22)23-18(26)8-7-14-5-3-4-6-16(14)28-2/h3-6H,7-12,22H2,1-2H3,(H,23,26). The Balaban J connectivity index is 1.60. The second kappa shape index (κ2) is 9.62. The number of hydrogen-bond donors (Lipinski definition) is 2. The van der Waals surface area contributed by atoms with Crippen LogP contribution < -0.4 is 15.8 Å². The van der Waals surface area contributed by atoms with E-state index < -0.39 is 5.97 Å². The van der Waals surface area contributed by atoms with E-state index in [-0.39, 0.29) is 18.4 Å². The molecular formula is C21H25N3O5S. The lowest BCUT2D eigenvalue weighted by Gasteiger charge is -2.26. The molecule has 0 spiro atoms. The average Bonchev–Trinajstić information content (AvgIpc) is 3.05. The third kappa shape index (κ3) is 5.10. The smallest absolute Gasteiger partial charge is 0.303 e. The van der Waals surface area contributed by atoms with Crippen molar-refractivity contribution in [2.24, 2.45) is 0 Å². The zero-order valence-electron chi connectivity index (χ0n) is 17.0. The minimum absolute atomic E-state index is 0.131. The van der Waals surface area contributed by atoms with Crippen LogP contribution in [0.3, 0.4) is 0 Å². The molecule has 1 aliphatic rings. The molecule has 0 radical (unpaired) electrons. The van der Waals surface area contributed by atoms with Crippen LogP contribution in [0, 0.1) is 0 Å². The number of nitrogen functional groups attached to an aromatic ring is 1. The fourth-order valence-corrected chi connectivity index (χ4v) is 4.54. The molecular weight excluding hydrogens is 406 g/mol. The van der Waals surface area contributed by atoms with Crippen molar-refractivity contribution in [3.05, 3.63) is 40.3 Å². The Kier molecular flexibility index (Phi) is 6.94. The summed E-state index contributed by atoms with van der Waals surface area (Å²) in [5.74, 6) is -0.103. The van der Waals surface area contributed by atoms with Crippen molar-refractivity contribution in [1.82, 2.24) is 4.90 Å². The van der Waals surface area contributed by atoms with Crippen LogP contribution >= 0.6 is 11.3 Å². The molecule has 2 heterocycles. The number of hydrogen-bond acceptors (Lipinski definition) is 7. The molecule has 0 saturated heterocycles. The molecule has 3 N–H and O–H groups in total. The van der Waals surface area contributed by atoms with Gasteiger partial charge in [0.25, 0.3) is 5.91 Å². The lowest BCUT2D eigenvalue weighted by molar-refractivity contribution is -0.150. The van der Waals surface area contributed by atoms with Crippen LogP contribution in [-0.4, -0.2) is 42.9 Å². The minimum Gasteiger partial charge on any atom is -0.496 e. The summed E-state index contributed by atoms with van der Waals surface area (Å²) in [4.78, 5) is 38.1. The third-order valence-electron chi connectivity index (χ3n) is 4.92. The third-order valence-corrected chi connectivity index (χ3v) is 6.06. The number of methoxy groups -OCH3 is 1. The van der Waals surface area contributed by atoms with E-state index in [1.54, 1.807) is 12.0 Å². The number of ether oxygens (including phenoxy) is 2. The van der Waals surface area contributed by atoms with Gasteiger partial charge < -0.3 is 25.4 Å². The number of carbonyl (C=O) groups is 3. The van der Waals surface area contributed by atoms with Gasteiger partial charge in [0.2, 0.25) is 5.91 Å². The quantitative estimate of drug-likeness (QED) is 0.651. The zero-order chi connectivity index (χ0) is 21.7. The van der Waals surface area contributed by atoms with Gasteiger partial charge in [-0.2, -0.15) is 0 Å². The Morgan fingerprint density at radius 3 is 2.77 bits per heavy atom. The summed E-state index contributed by atoms with van der Waals surface area (Å²) in [5, 5.41) is 3.51. The molecule has 8 nitrogen and oxygen atoms in total. The van der Waals surface area contributed by atoms with Crippen LogP contribution in [0.1, 0.15) is 29.3 Å². The highest BCUT2D eigenvalue weighted by Gasteiger charge is 2.26. The van der Waals surface area contributed by atoms with E-state index in [9.17, 15) is 14.4 Å². The number of aryl methyl sites for hydroxylation is 1. The predicted molar refractivity (Wildman–Crippen MR) is 114 cm³/mol. The Labute approximate surface area is 178 Å². The molecule has 2 amide bonds. The number of amides is 2. The first-order valence-corrected chi connectivity index (χ1v) is 10.4. The fraction of sp³-hybridized carbons (Fsp3) is 0.381. The molecule has 0 unspecified atom stereocenters.